The van der Waals surface area contributed by atoms with E-state index in [0.29, 0.717) is 6.61 Å². The van der Waals surface area contributed by atoms with Gasteiger partial charge in [0.15, 0.2) is 5.51 Å². The van der Waals surface area contributed by atoms with Crippen LogP contribution in [0.1, 0.15) is 6.92 Å². The van der Waals surface area contributed by atoms with E-state index < -0.39 is 0 Å². The highest BCUT2D eigenvalue weighted by Crippen LogP contribution is 2.30. The Kier molecular flexibility index (Phi) is 2.99. The maximum absolute atomic E-state index is 5.52. The van der Waals surface area contributed by atoms with Crippen molar-refractivity contribution in [3.8, 4) is 17.0 Å². The van der Waals surface area contributed by atoms with Gasteiger partial charge in [0.2, 0.25) is 0 Å². The second-order valence-electron chi connectivity index (χ2n) is 3.95. The molecule has 0 fully saturated rings. The zero-order chi connectivity index (χ0) is 12.4. The van der Waals surface area contributed by atoms with E-state index in [1.807, 2.05) is 24.4 Å². The van der Waals surface area contributed by atoms with Gasteiger partial charge in [0.1, 0.15) is 5.75 Å². The minimum absolute atomic E-state index is 0.687. The Bertz CT molecular complexity index is 661. The smallest absolute Gasteiger partial charge is 0.152 e. The number of nitrogens with zero attached hydrogens (tertiary/aromatic N) is 1. The van der Waals surface area contributed by atoms with Crippen LogP contribution in [0.4, 0.5) is 0 Å². The molecule has 0 spiro atoms. The summed E-state index contributed by atoms with van der Waals surface area (Å²) in [6.45, 7) is 2.68. The highest BCUT2D eigenvalue weighted by atomic mass is 32.1. The molecule has 0 saturated carbocycles. The van der Waals surface area contributed by atoms with Crippen molar-refractivity contribution in [2.75, 3.05) is 6.61 Å². The van der Waals surface area contributed by atoms with E-state index in [1.165, 1.54) is 22.1 Å². The minimum atomic E-state index is 0.687. The summed E-state index contributed by atoms with van der Waals surface area (Å²) in [5.41, 5.74) is 5.02. The first-order valence-electron chi connectivity index (χ1n) is 5.86. The summed E-state index contributed by atoms with van der Waals surface area (Å²) in [6, 6.07) is 12.4. The lowest BCUT2D eigenvalue weighted by Gasteiger charge is -2.07. The fourth-order valence-electron chi connectivity index (χ4n) is 2.05. The lowest BCUT2D eigenvalue weighted by molar-refractivity contribution is 0.341. The van der Waals surface area contributed by atoms with Crippen LogP contribution < -0.4 is 4.74 Å². The molecule has 0 unspecified atom stereocenters. The molecule has 18 heavy (non-hydrogen) atoms. The molecule has 1 radical (unpaired) electrons. The molecule has 0 N–H and O–H groups in total. The monoisotopic (exact) mass is 254 g/mol. The number of hydrogen-bond acceptors (Lipinski definition) is 3. The molecular weight excluding hydrogens is 242 g/mol. The predicted molar refractivity (Wildman–Crippen MR) is 75.1 cm³/mol. The van der Waals surface area contributed by atoms with Gasteiger partial charge in [-0.15, -0.1) is 11.3 Å². The minimum Gasteiger partial charge on any atom is -0.494 e. The Balaban J connectivity index is 2.17. The number of hydrogen-bond donors (Lipinski definition) is 0. The molecule has 0 aliphatic carbocycles. The second kappa shape index (κ2) is 4.78. The van der Waals surface area contributed by atoms with Crippen molar-refractivity contribution < 1.29 is 4.74 Å². The first kappa shape index (κ1) is 11.2. The normalized spacial score (nSPS) is 10.7. The Labute approximate surface area is 110 Å². The van der Waals surface area contributed by atoms with Crippen LogP contribution in [0, 0.1) is 5.51 Å². The summed E-state index contributed by atoms with van der Waals surface area (Å²) in [5, 5.41) is 4.39. The number of fused-ring (bicyclic) bond motifs is 1. The zero-order valence-corrected chi connectivity index (χ0v) is 10.8. The highest BCUT2D eigenvalue weighted by Gasteiger charge is 2.06. The Morgan fingerprint density at radius 3 is 3.00 bits per heavy atom. The van der Waals surface area contributed by atoms with E-state index in [1.54, 1.807) is 0 Å². The van der Waals surface area contributed by atoms with Crippen molar-refractivity contribution in [3.05, 3.63) is 47.3 Å². The van der Waals surface area contributed by atoms with Crippen LogP contribution >= 0.6 is 11.3 Å². The predicted octanol–water partition coefficient (Wildman–Crippen LogP) is 4.16. The molecule has 3 heteroatoms. The Hall–Kier alpha value is -1.87. The molecule has 0 bridgehead atoms. The molecule has 3 rings (SSSR count). The summed E-state index contributed by atoms with van der Waals surface area (Å²) in [6.07, 6.45) is 0. The molecule has 3 aromatic rings. The SMILES string of the molecule is CCOc1ccc2c(-c3cs[c]n3)cccc2c1. The van der Waals surface area contributed by atoms with Gasteiger partial charge in [0.05, 0.1) is 12.3 Å². The van der Waals surface area contributed by atoms with Crippen LogP contribution in [-0.2, 0) is 0 Å². The second-order valence-corrected chi connectivity index (χ2v) is 4.60. The fraction of sp³-hybridized carbons (Fsp3) is 0.133. The molecule has 2 aromatic carbocycles. The van der Waals surface area contributed by atoms with Gasteiger partial charge in [-0.1, -0.05) is 24.3 Å². The van der Waals surface area contributed by atoms with Crippen molar-refractivity contribution in [1.82, 2.24) is 4.98 Å². The molecular formula is C15H12NOS. The van der Waals surface area contributed by atoms with Crippen molar-refractivity contribution >= 4 is 22.1 Å². The van der Waals surface area contributed by atoms with E-state index in [0.717, 1.165) is 17.0 Å². The van der Waals surface area contributed by atoms with Gasteiger partial charge in [0, 0.05) is 10.9 Å². The number of thiazole rings is 1. The first-order chi connectivity index (χ1) is 8.88. The molecule has 0 aliphatic rings. The van der Waals surface area contributed by atoms with Gasteiger partial charge >= 0.3 is 0 Å². The van der Waals surface area contributed by atoms with E-state index >= 15 is 0 Å². The van der Waals surface area contributed by atoms with E-state index in [-0.39, 0.29) is 0 Å². The van der Waals surface area contributed by atoms with Gasteiger partial charge in [-0.2, -0.15) is 0 Å². The van der Waals surface area contributed by atoms with Gasteiger partial charge in [0.25, 0.3) is 0 Å². The molecule has 1 heterocycles. The summed E-state index contributed by atoms with van der Waals surface area (Å²) in [7, 11) is 0. The van der Waals surface area contributed by atoms with Crippen LogP contribution in [0.5, 0.6) is 5.75 Å². The van der Waals surface area contributed by atoms with Crippen LogP contribution in [0.15, 0.2) is 41.8 Å². The van der Waals surface area contributed by atoms with Crippen LogP contribution in [-0.4, -0.2) is 11.6 Å². The van der Waals surface area contributed by atoms with Gasteiger partial charge in [-0.3, -0.25) is 0 Å². The summed E-state index contributed by atoms with van der Waals surface area (Å²) >= 11 is 1.49. The average Bonchev–Trinajstić information content (AvgIpc) is 2.92. The largest absolute Gasteiger partial charge is 0.494 e. The molecule has 0 atom stereocenters. The Morgan fingerprint density at radius 1 is 1.28 bits per heavy atom. The van der Waals surface area contributed by atoms with E-state index in [9.17, 15) is 0 Å². The number of benzene rings is 2. The molecule has 1 aromatic heterocycles. The van der Waals surface area contributed by atoms with Crippen molar-refractivity contribution in [2.24, 2.45) is 0 Å². The third-order valence-corrected chi connectivity index (χ3v) is 3.37. The van der Waals surface area contributed by atoms with Crippen LogP contribution in [0.3, 0.4) is 0 Å². The maximum atomic E-state index is 5.52. The quantitative estimate of drug-likeness (QED) is 0.700. The summed E-state index contributed by atoms with van der Waals surface area (Å²) in [5.74, 6) is 0.909. The van der Waals surface area contributed by atoms with Crippen molar-refractivity contribution in [2.45, 2.75) is 6.92 Å². The fourth-order valence-corrected chi connectivity index (χ4v) is 2.54. The van der Waals surface area contributed by atoms with E-state index in [4.69, 9.17) is 4.74 Å². The number of aromatic nitrogens is 1. The number of ether oxygens (including phenoxy) is 1. The molecule has 89 valence electrons. The van der Waals surface area contributed by atoms with Crippen molar-refractivity contribution in [1.29, 1.82) is 0 Å². The van der Waals surface area contributed by atoms with E-state index in [2.05, 4.69) is 34.8 Å². The molecule has 0 amide bonds. The lowest BCUT2D eigenvalue weighted by Crippen LogP contribution is -1.91. The molecule has 0 aliphatic heterocycles. The molecule has 2 nitrogen and oxygen atoms in total. The molecule has 0 saturated heterocycles. The van der Waals surface area contributed by atoms with Crippen molar-refractivity contribution in [3.63, 3.8) is 0 Å². The third-order valence-electron chi connectivity index (χ3n) is 2.83. The van der Waals surface area contributed by atoms with Gasteiger partial charge in [-0.25, -0.2) is 4.98 Å². The van der Waals surface area contributed by atoms with Crippen LogP contribution in [0.25, 0.3) is 22.0 Å². The Morgan fingerprint density at radius 2 is 2.22 bits per heavy atom. The highest BCUT2D eigenvalue weighted by molar-refractivity contribution is 7.07. The van der Waals surface area contributed by atoms with Gasteiger partial charge in [-0.05, 0) is 29.8 Å². The maximum Gasteiger partial charge on any atom is 0.152 e. The third kappa shape index (κ3) is 1.97. The standard InChI is InChI=1S/C15H12NOS/c1-2-17-12-6-7-13-11(8-12)4-3-5-14(13)15-9-18-10-16-15/h3-9H,2H2,1H3. The van der Waals surface area contributed by atoms with Gasteiger partial charge < -0.3 is 4.74 Å². The lowest BCUT2D eigenvalue weighted by atomic mass is 10.0. The van der Waals surface area contributed by atoms with Crippen LogP contribution in [0.2, 0.25) is 0 Å². The first-order valence-corrected chi connectivity index (χ1v) is 6.74. The topological polar surface area (TPSA) is 22.1 Å². The summed E-state index contributed by atoms with van der Waals surface area (Å²) in [4.78, 5) is 4.26. The average molecular weight is 254 g/mol. The summed E-state index contributed by atoms with van der Waals surface area (Å²) < 4.78 is 5.52. The number of rotatable bonds is 3. The zero-order valence-electron chi connectivity index (χ0n) is 10.0.